The summed E-state index contributed by atoms with van der Waals surface area (Å²) in [5.41, 5.74) is 1.04. The largest absolute Gasteiger partial charge is 0.356 e. The Balaban J connectivity index is 1.11. The number of unbranched alkanes of at least 4 members (excludes halogenated alkanes) is 1. The molecule has 1 spiro atoms. The molecule has 2 N–H and O–H groups in total. The second-order valence-corrected chi connectivity index (χ2v) is 11.3. The van der Waals surface area contributed by atoms with Gasteiger partial charge < -0.3 is 15.5 Å². The van der Waals surface area contributed by atoms with Crippen LogP contribution in [-0.4, -0.2) is 47.9 Å². The minimum absolute atomic E-state index is 0.0497. The second kappa shape index (κ2) is 8.51. The molecule has 3 aliphatic carbocycles. The summed E-state index contributed by atoms with van der Waals surface area (Å²) in [5.74, 6) is -0.203. The van der Waals surface area contributed by atoms with E-state index >= 15 is 0 Å². The zero-order valence-electron chi connectivity index (χ0n) is 19.0. The van der Waals surface area contributed by atoms with Crippen LogP contribution in [0.1, 0.15) is 38.5 Å². The molecule has 3 fully saturated rings. The predicted molar refractivity (Wildman–Crippen MR) is 131 cm³/mol. The van der Waals surface area contributed by atoms with Crippen LogP contribution in [-0.2, 0) is 9.59 Å². The number of likely N-dealkylation sites (tertiary alicyclic amines) is 1. The van der Waals surface area contributed by atoms with Gasteiger partial charge in [-0.05, 0) is 87.5 Å². The standard InChI is InChI=1S/C26H32N4O2S/c31-23(27-13-3-4-14-30-15-5-6-16-30)21-17-9-10-18(26(17)11-12-26)22(21)24(32)29-25-28-19-7-1-2-8-20(19)33-25/h1-2,7-10,17-18,21-22H,3-6,11-16H2,(H,27,31)(H,28,29,32)/t17-,18+,21-,22-/m1/s1. The molecule has 1 aromatic heterocycles. The zero-order chi connectivity index (χ0) is 22.4. The molecule has 33 heavy (non-hydrogen) atoms. The number of thiazole rings is 1. The van der Waals surface area contributed by atoms with Crippen LogP contribution in [0.5, 0.6) is 0 Å². The zero-order valence-corrected chi connectivity index (χ0v) is 19.8. The summed E-state index contributed by atoms with van der Waals surface area (Å²) in [6.07, 6.45) is 11.4. The number of fused-ring (bicyclic) bond motifs is 1. The summed E-state index contributed by atoms with van der Waals surface area (Å²) in [6, 6.07) is 7.91. The highest BCUT2D eigenvalue weighted by atomic mass is 32.1. The molecule has 4 aliphatic rings. The second-order valence-electron chi connectivity index (χ2n) is 10.2. The Kier molecular flexibility index (Phi) is 5.49. The molecule has 7 heteroatoms. The lowest BCUT2D eigenvalue weighted by molar-refractivity contribution is -0.132. The fourth-order valence-corrected chi connectivity index (χ4v) is 7.49. The molecule has 0 unspecified atom stereocenters. The summed E-state index contributed by atoms with van der Waals surface area (Å²) < 4.78 is 1.06. The van der Waals surface area contributed by atoms with Crippen molar-refractivity contribution in [2.24, 2.45) is 29.1 Å². The number of nitrogens with one attached hydrogen (secondary N) is 2. The fraction of sp³-hybridized carbons (Fsp3) is 0.577. The van der Waals surface area contributed by atoms with Crippen molar-refractivity contribution in [1.29, 1.82) is 0 Å². The molecular formula is C26H32N4O2S. The van der Waals surface area contributed by atoms with Crippen LogP contribution in [0.2, 0.25) is 0 Å². The van der Waals surface area contributed by atoms with Crippen molar-refractivity contribution in [3.63, 3.8) is 0 Å². The molecule has 2 bridgehead atoms. The van der Waals surface area contributed by atoms with E-state index in [0.717, 1.165) is 42.4 Å². The van der Waals surface area contributed by atoms with Gasteiger partial charge in [-0.3, -0.25) is 9.59 Å². The smallest absolute Gasteiger partial charge is 0.230 e. The molecule has 0 radical (unpaired) electrons. The highest BCUT2D eigenvalue weighted by molar-refractivity contribution is 7.22. The predicted octanol–water partition coefficient (Wildman–Crippen LogP) is 4.06. The average molecular weight is 465 g/mol. The van der Waals surface area contributed by atoms with Crippen molar-refractivity contribution >= 4 is 38.5 Å². The quantitative estimate of drug-likeness (QED) is 0.457. The number of amides is 2. The third kappa shape index (κ3) is 3.79. The number of hydrogen-bond donors (Lipinski definition) is 2. The average Bonchev–Trinajstić information content (AvgIpc) is 3.11. The van der Waals surface area contributed by atoms with E-state index in [2.05, 4.69) is 32.7 Å². The Morgan fingerprint density at radius 1 is 1.03 bits per heavy atom. The third-order valence-electron chi connectivity index (χ3n) is 8.37. The van der Waals surface area contributed by atoms with Gasteiger partial charge >= 0.3 is 0 Å². The SMILES string of the molecule is O=C(NCCCCN1CCCC1)[C@H]1[C@H](C(=O)Nc2nc3ccccc3s2)[C@@H]2C=C[C@H]1C21CC1. The Labute approximate surface area is 198 Å². The number of nitrogens with zero attached hydrogens (tertiary/aromatic N) is 2. The summed E-state index contributed by atoms with van der Waals surface area (Å²) in [4.78, 5) is 33.9. The van der Waals surface area contributed by atoms with Gasteiger partial charge in [0.2, 0.25) is 11.8 Å². The van der Waals surface area contributed by atoms with E-state index in [9.17, 15) is 9.59 Å². The topological polar surface area (TPSA) is 74.3 Å². The minimum Gasteiger partial charge on any atom is -0.356 e. The molecule has 2 aromatic rings. The first-order valence-corrected chi connectivity index (χ1v) is 13.3. The number of para-hydroxylation sites is 1. The van der Waals surface area contributed by atoms with Crippen molar-refractivity contribution in [1.82, 2.24) is 15.2 Å². The van der Waals surface area contributed by atoms with Gasteiger partial charge in [-0.2, -0.15) is 0 Å². The number of carbonyl (C=O) groups is 2. The Morgan fingerprint density at radius 2 is 1.76 bits per heavy atom. The summed E-state index contributed by atoms with van der Waals surface area (Å²) in [7, 11) is 0. The Hall–Kier alpha value is -2.25. The Morgan fingerprint density at radius 3 is 2.48 bits per heavy atom. The van der Waals surface area contributed by atoms with Crippen LogP contribution in [0.4, 0.5) is 5.13 Å². The molecule has 174 valence electrons. The maximum atomic E-state index is 13.5. The molecule has 1 aliphatic heterocycles. The Bertz CT molecular complexity index is 1050. The summed E-state index contributed by atoms with van der Waals surface area (Å²) in [6.45, 7) is 4.27. The lowest BCUT2D eigenvalue weighted by Crippen LogP contribution is -2.42. The van der Waals surface area contributed by atoms with Crippen molar-refractivity contribution in [2.45, 2.75) is 38.5 Å². The lowest BCUT2D eigenvalue weighted by Gasteiger charge is -2.26. The molecule has 4 atom stereocenters. The number of rotatable bonds is 8. The maximum Gasteiger partial charge on any atom is 0.230 e. The number of aromatic nitrogens is 1. The van der Waals surface area contributed by atoms with Crippen LogP contribution < -0.4 is 10.6 Å². The molecule has 6 nitrogen and oxygen atoms in total. The van der Waals surface area contributed by atoms with Crippen molar-refractivity contribution in [3.05, 3.63) is 36.4 Å². The molecule has 2 heterocycles. The monoisotopic (exact) mass is 464 g/mol. The maximum absolute atomic E-state index is 13.5. The highest BCUT2D eigenvalue weighted by Crippen LogP contribution is 2.72. The number of hydrogen-bond acceptors (Lipinski definition) is 5. The first-order chi connectivity index (χ1) is 16.2. The van der Waals surface area contributed by atoms with Gasteiger partial charge in [0.1, 0.15) is 0 Å². The molecule has 6 rings (SSSR count). The number of anilines is 1. The van der Waals surface area contributed by atoms with Gasteiger partial charge in [-0.25, -0.2) is 4.98 Å². The molecule has 2 saturated carbocycles. The van der Waals surface area contributed by atoms with Gasteiger partial charge in [0, 0.05) is 6.54 Å². The van der Waals surface area contributed by atoms with Gasteiger partial charge in [0.05, 0.1) is 22.1 Å². The van der Waals surface area contributed by atoms with Gasteiger partial charge in [0.25, 0.3) is 0 Å². The lowest BCUT2D eigenvalue weighted by atomic mass is 9.81. The van der Waals surface area contributed by atoms with Gasteiger partial charge in [-0.1, -0.05) is 35.6 Å². The number of benzene rings is 1. The highest BCUT2D eigenvalue weighted by Gasteiger charge is 2.69. The normalized spacial score (nSPS) is 29.2. The van der Waals surface area contributed by atoms with Crippen LogP contribution in [0, 0.1) is 29.1 Å². The van der Waals surface area contributed by atoms with E-state index in [1.54, 1.807) is 0 Å². The summed E-state index contributed by atoms with van der Waals surface area (Å²) >= 11 is 1.49. The third-order valence-corrected chi connectivity index (χ3v) is 9.32. The van der Waals surface area contributed by atoms with Crippen LogP contribution >= 0.6 is 11.3 Å². The number of allylic oxidation sites excluding steroid dienone is 2. The first kappa shape index (κ1) is 21.3. The van der Waals surface area contributed by atoms with Crippen LogP contribution in [0.3, 0.4) is 0 Å². The van der Waals surface area contributed by atoms with E-state index in [0.29, 0.717) is 11.7 Å². The van der Waals surface area contributed by atoms with E-state index in [4.69, 9.17) is 0 Å². The summed E-state index contributed by atoms with van der Waals surface area (Å²) in [5, 5.41) is 6.88. The van der Waals surface area contributed by atoms with Crippen LogP contribution in [0.25, 0.3) is 10.2 Å². The van der Waals surface area contributed by atoms with Gasteiger partial charge in [-0.15, -0.1) is 0 Å². The van der Waals surface area contributed by atoms with E-state index in [1.165, 1.54) is 37.3 Å². The molecule has 1 saturated heterocycles. The minimum atomic E-state index is -0.306. The fourth-order valence-electron chi connectivity index (χ4n) is 6.62. The van der Waals surface area contributed by atoms with Crippen molar-refractivity contribution in [2.75, 3.05) is 31.5 Å². The van der Waals surface area contributed by atoms with E-state index in [1.807, 2.05) is 24.3 Å². The van der Waals surface area contributed by atoms with Crippen LogP contribution in [0.15, 0.2) is 36.4 Å². The van der Waals surface area contributed by atoms with Crippen molar-refractivity contribution in [3.8, 4) is 0 Å². The van der Waals surface area contributed by atoms with E-state index in [-0.39, 0.29) is 40.9 Å². The van der Waals surface area contributed by atoms with E-state index < -0.39 is 0 Å². The number of carbonyl (C=O) groups excluding carboxylic acids is 2. The molecular weight excluding hydrogens is 432 g/mol. The van der Waals surface area contributed by atoms with Crippen molar-refractivity contribution < 1.29 is 9.59 Å². The molecule has 2 amide bonds. The van der Waals surface area contributed by atoms with Gasteiger partial charge in [0.15, 0.2) is 5.13 Å². The first-order valence-electron chi connectivity index (χ1n) is 12.5. The molecule has 1 aromatic carbocycles.